The van der Waals surface area contributed by atoms with Gasteiger partial charge in [-0.15, -0.1) is 0 Å². The number of methoxy groups -OCH3 is 1. The zero-order valence-corrected chi connectivity index (χ0v) is 30.3. The Balaban J connectivity index is 1.07. The number of furan rings is 1. The summed E-state index contributed by atoms with van der Waals surface area (Å²) in [5, 5.41) is 3.13. The summed E-state index contributed by atoms with van der Waals surface area (Å²) >= 11 is 0. The Morgan fingerprint density at radius 3 is 2.19 bits per heavy atom. The number of carbonyl (C=O) groups is 3. The molecule has 0 bridgehead atoms. The maximum absolute atomic E-state index is 14.8. The van der Waals surface area contributed by atoms with E-state index in [1.54, 1.807) is 39.8 Å². The number of H-pyrrole nitrogens is 2. The van der Waals surface area contributed by atoms with E-state index in [1.807, 2.05) is 6.07 Å². The van der Waals surface area contributed by atoms with Gasteiger partial charge in [-0.3, -0.25) is 9.59 Å². The maximum Gasteiger partial charge on any atom is 0.407 e. The van der Waals surface area contributed by atoms with Crippen molar-refractivity contribution in [2.24, 2.45) is 17.6 Å². The van der Waals surface area contributed by atoms with Gasteiger partial charge in [0, 0.05) is 30.2 Å². The van der Waals surface area contributed by atoms with Crippen molar-refractivity contribution in [2.45, 2.75) is 89.1 Å². The number of halogens is 4. The zero-order valence-electron chi connectivity index (χ0n) is 30.3. The molecule has 290 valence electrons. The number of benzene rings is 1. The molecule has 4 aromatic rings. The molecule has 14 nitrogen and oxygen atoms in total. The summed E-state index contributed by atoms with van der Waals surface area (Å²) < 4.78 is 75.7. The highest BCUT2D eigenvalue weighted by atomic mass is 19.3. The van der Waals surface area contributed by atoms with Crippen LogP contribution in [0.1, 0.15) is 81.6 Å². The number of fused-ring (bicyclic) bond motifs is 2. The number of aromatic amines is 2. The van der Waals surface area contributed by atoms with E-state index < -0.39 is 91.9 Å². The zero-order chi connectivity index (χ0) is 38.9. The summed E-state index contributed by atoms with van der Waals surface area (Å²) in [6.45, 7) is 5.33. The largest absolute Gasteiger partial charge is 0.483 e. The molecule has 6 heterocycles. The van der Waals surface area contributed by atoms with Crippen LogP contribution in [0.25, 0.3) is 22.4 Å². The Morgan fingerprint density at radius 1 is 0.926 bits per heavy atom. The van der Waals surface area contributed by atoms with Crippen LogP contribution < -0.4 is 15.8 Å². The van der Waals surface area contributed by atoms with E-state index in [2.05, 4.69) is 30.0 Å². The number of ether oxygens (including phenoxy) is 2. The normalized spacial score (nSPS) is 22.9. The summed E-state index contributed by atoms with van der Waals surface area (Å²) in [6.07, 6.45) is 0.808. The minimum absolute atomic E-state index is 0.140. The molecule has 5 N–H and O–H groups in total. The lowest BCUT2D eigenvalue weighted by Crippen LogP contribution is -2.51. The first-order chi connectivity index (χ1) is 25.4. The topological polar surface area (TPSA) is 185 Å². The van der Waals surface area contributed by atoms with Crippen molar-refractivity contribution in [3.8, 4) is 17.2 Å². The van der Waals surface area contributed by atoms with Gasteiger partial charge in [0.1, 0.15) is 40.8 Å². The first-order valence-electron chi connectivity index (χ1n) is 17.7. The molecule has 5 unspecified atom stereocenters. The van der Waals surface area contributed by atoms with Crippen LogP contribution in [0.15, 0.2) is 35.0 Å². The van der Waals surface area contributed by atoms with Gasteiger partial charge in [-0.25, -0.2) is 32.3 Å². The molecular weight excluding hydrogens is 716 g/mol. The van der Waals surface area contributed by atoms with Crippen LogP contribution in [0.2, 0.25) is 0 Å². The third-order valence-corrected chi connectivity index (χ3v) is 10.3. The second-order valence-corrected chi connectivity index (χ2v) is 15.0. The number of rotatable bonds is 9. The van der Waals surface area contributed by atoms with E-state index in [0.717, 1.165) is 22.5 Å². The number of carbonyl (C=O) groups excluding carboxylic acids is 3. The van der Waals surface area contributed by atoms with Crippen molar-refractivity contribution >= 4 is 28.9 Å². The van der Waals surface area contributed by atoms with Crippen LogP contribution in [0.5, 0.6) is 5.75 Å². The molecule has 0 aliphatic carbocycles. The molecule has 0 spiro atoms. The summed E-state index contributed by atoms with van der Waals surface area (Å²) in [6, 6.07) is 1.31. The van der Waals surface area contributed by atoms with Gasteiger partial charge in [0.15, 0.2) is 5.76 Å². The van der Waals surface area contributed by atoms with Gasteiger partial charge in [0.2, 0.25) is 11.8 Å². The molecule has 1 aromatic carbocycles. The Bertz CT molecular complexity index is 2030. The fourth-order valence-electron chi connectivity index (χ4n) is 7.33. The van der Waals surface area contributed by atoms with E-state index in [9.17, 15) is 31.9 Å². The predicted molar refractivity (Wildman–Crippen MR) is 184 cm³/mol. The number of nitrogens with zero attached hydrogens (tertiary/aromatic N) is 4. The fourth-order valence-corrected chi connectivity index (χ4v) is 7.33. The quantitative estimate of drug-likeness (QED) is 0.162. The highest BCUT2D eigenvalue weighted by molar-refractivity contribution is 5.87. The number of nitrogens with two attached hydrogens (primary N) is 1. The van der Waals surface area contributed by atoms with Crippen molar-refractivity contribution in [1.29, 1.82) is 0 Å². The van der Waals surface area contributed by atoms with Crippen LogP contribution in [0.3, 0.4) is 0 Å². The molecule has 2 fully saturated rings. The average Bonchev–Trinajstić information content (AvgIpc) is 3.95. The smallest absolute Gasteiger partial charge is 0.407 e. The molecule has 2 saturated heterocycles. The van der Waals surface area contributed by atoms with Crippen molar-refractivity contribution in [3.63, 3.8) is 0 Å². The van der Waals surface area contributed by atoms with Gasteiger partial charge in [-0.1, -0.05) is 27.7 Å². The molecule has 0 saturated carbocycles. The Labute approximate surface area is 307 Å². The number of amides is 3. The molecule has 5 atom stereocenters. The standard InChI is InChI=1S/C36H42F4N8O6/c1-16(2)28(41)32(49)47-14-35(37,38)10-22(47)30-42-12-20(44-30)26-8-18-6-25-19(7-24(18)53-26)9-27(54-25)21-13-43-31(45-21)23-11-36(39,40)15-48(23)33(50)29(17(3)4)46-34(51)52-5/h6-7,9,12-13,16-17,22-23,26,28-29H,8,10-11,14-15,41H2,1-5H3,(H,42,44)(H,43,45)(H,46,51). The van der Waals surface area contributed by atoms with Crippen molar-refractivity contribution < 1.29 is 45.8 Å². The second-order valence-electron chi connectivity index (χ2n) is 15.0. The monoisotopic (exact) mass is 758 g/mol. The average molecular weight is 759 g/mol. The number of alkyl carbamates (subject to hydrolysis) is 1. The van der Waals surface area contributed by atoms with E-state index in [4.69, 9.17) is 14.9 Å². The number of alkyl halides is 4. The van der Waals surface area contributed by atoms with Crippen LogP contribution in [-0.2, 0) is 20.7 Å². The molecule has 3 aromatic heterocycles. The highest BCUT2D eigenvalue weighted by Gasteiger charge is 2.51. The molecule has 18 heteroatoms. The number of hydrogen-bond donors (Lipinski definition) is 4. The third-order valence-electron chi connectivity index (χ3n) is 10.3. The lowest BCUT2D eigenvalue weighted by atomic mass is 10.0. The summed E-state index contributed by atoms with van der Waals surface area (Å²) in [7, 11) is 1.15. The van der Waals surface area contributed by atoms with E-state index in [1.165, 1.54) is 12.4 Å². The number of hydrogen-bond acceptors (Lipinski definition) is 9. The van der Waals surface area contributed by atoms with E-state index in [-0.39, 0.29) is 17.6 Å². The van der Waals surface area contributed by atoms with Crippen LogP contribution in [0, 0.1) is 11.8 Å². The second kappa shape index (κ2) is 13.6. The first-order valence-corrected chi connectivity index (χ1v) is 17.7. The first kappa shape index (κ1) is 37.2. The predicted octanol–water partition coefficient (Wildman–Crippen LogP) is 5.40. The van der Waals surface area contributed by atoms with E-state index >= 15 is 0 Å². The fraction of sp³-hybridized carbons (Fsp3) is 0.528. The Hall–Kier alpha value is -5.13. The minimum atomic E-state index is -3.18. The minimum Gasteiger partial charge on any atom is -0.483 e. The highest BCUT2D eigenvalue weighted by Crippen LogP contribution is 2.44. The van der Waals surface area contributed by atoms with Crippen molar-refractivity contribution in [3.05, 3.63) is 53.5 Å². The number of aromatic nitrogens is 4. The molecule has 0 radical (unpaired) electrons. The molecule has 54 heavy (non-hydrogen) atoms. The van der Waals surface area contributed by atoms with Gasteiger partial charge in [0.05, 0.1) is 56.4 Å². The molecular formula is C36H42F4N8O6. The van der Waals surface area contributed by atoms with Crippen LogP contribution >= 0.6 is 0 Å². The van der Waals surface area contributed by atoms with Gasteiger partial charge >= 0.3 is 6.09 Å². The van der Waals surface area contributed by atoms with Crippen LogP contribution in [0.4, 0.5) is 22.4 Å². The number of imidazole rings is 2. The van der Waals surface area contributed by atoms with Gasteiger partial charge in [-0.2, -0.15) is 0 Å². The number of nitrogens with one attached hydrogen (secondary N) is 3. The summed E-state index contributed by atoms with van der Waals surface area (Å²) in [5.41, 5.74) is 8.34. The van der Waals surface area contributed by atoms with Crippen LogP contribution in [-0.4, -0.2) is 91.8 Å². The van der Waals surface area contributed by atoms with Gasteiger partial charge in [-0.05, 0) is 30.0 Å². The van der Waals surface area contributed by atoms with Gasteiger partial charge < -0.3 is 44.7 Å². The Kier molecular flexibility index (Phi) is 9.38. The lowest BCUT2D eigenvalue weighted by molar-refractivity contribution is -0.137. The molecule has 3 amide bonds. The van der Waals surface area contributed by atoms with Crippen molar-refractivity contribution in [1.82, 2.24) is 35.1 Å². The van der Waals surface area contributed by atoms with E-state index in [0.29, 0.717) is 40.3 Å². The number of likely N-dealkylation sites (tertiary alicyclic amines) is 2. The summed E-state index contributed by atoms with van der Waals surface area (Å²) in [4.78, 5) is 55.4. The third kappa shape index (κ3) is 6.98. The molecule has 3 aliphatic rings. The molecule has 3 aliphatic heterocycles. The summed E-state index contributed by atoms with van der Waals surface area (Å²) in [5.74, 6) is -6.79. The SMILES string of the molecule is COC(=O)NC(C(=O)N1CC(F)(F)CC1c1ncc(-c2cc3cc4c(cc3o2)CC(c2cnc(C3CC(F)(F)CN3C(=O)C(N)C(C)C)[nH]2)O4)[nH]1)C(C)C. The lowest BCUT2D eigenvalue weighted by Gasteiger charge is -2.29. The maximum atomic E-state index is 14.8. The molecule has 7 rings (SSSR count). The van der Waals surface area contributed by atoms with Gasteiger partial charge in [0.25, 0.3) is 11.8 Å². The van der Waals surface area contributed by atoms with Crippen molar-refractivity contribution in [2.75, 3.05) is 20.2 Å². The Morgan fingerprint density at radius 2 is 1.56 bits per heavy atom.